The summed E-state index contributed by atoms with van der Waals surface area (Å²) in [6.07, 6.45) is 5.47. The lowest BCUT2D eigenvalue weighted by molar-refractivity contribution is 0.0304. The quantitative estimate of drug-likeness (QED) is 0.872. The van der Waals surface area contributed by atoms with Crippen molar-refractivity contribution in [1.29, 1.82) is 0 Å². The van der Waals surface area contributed by atoms with Crippen LogP contribution in [0.4, 0.5) is 0 Å². The average Bonchev–Trinajstić information content (AvgIpc) is 3.00. The molecule has 0 aliphatic carbocycles. The molecule has 1 amide bonds. The van der Waals surface area contributed by atoms with Gasteiger partial charge in [-0.15, -0.1) is 0 Å². The van der Waals surface area contributed by atoms with Gasteiger partial charge in [0.15, 0.2) is 0 Å². The number of aromatic nitrogens is 2. The molecule has 1 saturated heterocycles. The first-order valence-corrected chi connectivity index (χ1v) is 8.91. The molecule has 8 heteroatoms. The molecular weight excluding hydrogens is 294 g/mol. The summed E-state index contributed by atoms with van der Waals surface area (Å²) in [6.45, 7) is 1.37. The molecular formula is C13H19N3O4S. The molecule has 1 aromatic heterocycles. The van der Waals surface area contributed by atoms with E-state index in [9.17, 15) is 13.2 Å². The molecule has 7 nitrogen and oxygen atoms in total. The van der Waals surface area contributed by atoms with Crippen molar-refractivity contribution in [2.75, 3.05) is 12.4 Å². The highest BCUT2D eigenvalue weighted by atomic mass is 32.2. The van der Waals surface area contributed by atoms with Crippen LogP contribution in [0, 0.1) is 0 Å². The van der Waals surface area contributed by atoms with Crippen molar-refractivity contribution in [2.45, 2.75) is 44.8 Å². The molecule has 1 atom stereocenters. The minimum absolute atomic E-state index is 0.164. The summed E-state index contributed by atoms with van der Waals surface area (Å²) in [7, 11) is -3.69. The SMILES string of the molecule is O=C(NS(=O)(=O)CC1CCCCO1)c1cnn2c1CCC2. The maximum Gasteiger partial charge on any atom is 0.268 e. The molecule has 1 unspecified atom stereocenters. The first-order chi connectivity index (χ1) is 10.1. The van der Waals surface area contributed by atoms with Gasteiger partial charge in [0.05, 0.1) is 29.3 Å². The van der Waals surface area contributed by atoms with E-state index in [2.05, 4.69) is 9.82 Å². The normalized spacial score (nSPS) is 22.0. The van der Waals surface area contributed by atoms with Crippen molar-refractivity contribution in [1.82, 2.24) is 14.5 Å². The van der Waals surface area contributed by atoms with Crippen LogP contribution in [0.2, 0.25) is 0 Å². The highest BCUT2D eigenvalue weighted by molar-refractivity contribution is 7.90. The molecule has 3 rings (SSSR count). The van der Waals surface area contributed by atoms with Crippen molar-refractivity contribution < 1.29 is 17.9 Å². The van der Waals surface area contributed by atoms with Crippen molar-refractivity contribution in [3.8, 4) is 0 Å². The summed E-state index contributed by atoms with van der Waals surface area (Å²) >= 11 is 0. The second-order valence-corrected chi connectivity index (χ2v) is 7.30. The predicted molar refractivity (Wildman–Crippen MR) is 75.4 cm³/mol. The van der Waals surface area contributed by atoms with E-state index in [0.717, 1.165) is 44.3 Å². The van der Waals surface area contributed by atoms with Crippen LogP contribution in [0.25, 0.3) is 0 Å². The molecule has 0 aromatic carbocycles. The zero-order valence-electron chi connectivity index (χ0n) is 11.7. The molecule has 1 N–H and O–H groups in total. The summed E-state index contributed by atoms with van der Waals surface area (Å²) in [5, 5.41) is 4.10. The predicted octanol–water partition coefficient (Wildman–Crippen LogP) is 0.458. The van der Waals surface area contributed by atoms with E-state index < -0.39 is 15.9 Å². The highest BCUT2D eigenvalue weighted by Gasteiger charge is 2.27. The fourth-order valence-electron chi connectivity index (χ4n) is 2.87. The topological polar surface area (TPSA) is 90.3 Å². The van der Waals surface area contributed by atoms with E-state index in [0.29, 0.717) is 12.2 Å². The summed E-state index contributed by atoms with van der Waals surface area (Å²) in [6, 6.07) is 0. The summed E-state index contributed by atoms with van der Waals surface area (Å²) in [5.41, 5.74) is 1.18. The van der Waals surface area contributed by atoms with E-state index in [1.165, 1.54) is 6.20 Å². The van der Waals surface area contributed by atoms with Gasteiger partial charge in [-0.1, -0.05) is 0 Å². The number of rotatable bonds is 4. The first kappa shape index (κ1) is 14.5. The lowest BCUT2D eigenvalue weighted by Gasteiger charge is -2.22. The Hall–Kier alpha value is -1.41. The Labute approximate surface area is 123 Å². The van der Waals surface area contributed by atoms with Crippen LogP contribution in [-0.2, 0) is 27.7 Å². The van der Waals surface area contributed by atoms with Crippen LogP contribution in [0.5, 0.6) is 0 Å². The minimum Gasteiger partial charge on any atom is -0.377 e. The Morgan fingerprint density at radius 2 is 2.29 bits per heavy atom. The highest BCUT2D eigenvalue weighted by Crippen LogP contribution is 2.19. The third-order valence-corrected chi connectivity index (χ3v) is 5.21. The fourth-order valence-corrected chi connectivity index (χ4v) is 4.10. The molecule has 1 fully saturated rings. The van der Waals surface area contributed by atoms with Crippen LogP contribution in [-0.4, -0.2) is 42.6 Å². The van der Waals surface area contributed by atoms with Crippen LogP contribution < -0.4 is 4.72 Å². The molecule has 21 heavy (non-hydrogen) atoms. The number of hydrogen-bond donors (Lipinski definition) is 1. The molecule has 3 heterocycles. The standard InChI is InChI=1S/C13H19N3O4S/c17-13(11-8-14-16-6-3-5-12(11)16)15-21(18,19)9-10-4-1-2-7-20-10/h8,10H,1-7,9H2,(H,15,17). The van der Waals surface area contributed by atoms with Gasteiger partial charge < -0.3 is 4.74 Å². The molecule has 0 radical (unpaired) electrons. The van der Waals surface area contributed by atoms with Gasteiger partial charge in [-0.3, -0.25) is 9.48 Å². The largest absolute Gasteiger partial charge is 0.377 e. The van der Waals surface area contributed by atoms with Gasteiger partial charge >= 0.3 is 0 Å². The van der Waals surface area contributed by atoms with Gasteiger partial charge in [0.2, 0.25) is 10.0 Å². The molecule has 1 aromatic rings. The summed E-state index contributed by atoms with van der Waals surface area (Å²) < 4.78 is 33.4. The van der Waals surface area contributed by atoms with Crippen LogP contribution in [0.1, 0.15) is 41.7 Å². The Morgan fingerprint density at radius 1 is 1.43 bits per heavy atom. The number of nitrogens with zero attached hydrogens (tertiary/aromatic N) is 2. The average molecular weight is 313 g/mol. The Balaban J connectivity index is 1.65. The summed E-state index contributed by atoms with van der Waals surface area (Å²) in [4.78, 5) is 12.1. The van der Waals surface area contributed by atoms with E-state index in [1.807, 2.05) is 0 Å². The van der Waals surface area contributed by atoms with Gasteiger partial charge in [0, 0.05) is 13.2 Å². The van der Waals surface area contributed by atoms with E-state index in [-0.39, 0.29) is 11.9 Å². The van der Waals surface area contributed by atoms with Gasteiger partial charge in [0.25, 0.3) is 5.91 Å². The monoisotopic (exact) mass is 313 g/mol. The number of nitrogens with one attached hydrogen (secondary N) is 1. The smallest absolute Gasteiger partial charge is 0.268 e. The molecule has 0 bridgehead atoms. The number of aryl methyl sites for hydroxylation is 1. The van der Waals surface area contributed by atoms with Crippen molar-refractivity contribution in [3.63, 3.8) is 0 Å². The first-order valence-electron chi connectivity index (χ1n) is 7.26. The zero-order valence-corrected chi connectivity index (χ0v) is 12.6. The number of hydrogen-bond acceptors (Lipinski definition) is 5. The van der Waals surface area contributed by atoms with Gasteiger partial charge in [-0.2, -0.15) is 5.10 Å². The lowest BCUT2D eigenvalue weighted by Crippen LogP contribution is -2.38. The zero-order chi connectivity index (χ0) is 14.9. The fraction of sp³-hybridized carbons (Fsp3) is 0.692. The van der Waals surface area contributed by atoms with Gasteiger partial charge in [-0.05, 0) is 32.1 Å². The minimum atomic E-state index is -3.69. The van der Waals surface area contributed by atoms with E-state index in [1.54, 1.807) is 4.68 Å². The second-order valence-electron chi connectivity index (χ2n) is 5.53. The van der Waals surface area contributed by atoms with Gasteiger partial charge in [-0.25, -0.2) is 13.1 Å². The van der Waals surface area contributed by atoms with Crippen LogP contribution in [0.15, 0.2) is 6.20 Å². The van der Waals surface area contributed by atoms with Crippen LogP contribution >= 0.6 is 0 Å². The van der Waals surface area contributed by atoms with Crippen LogP contribution in [0.3, 0.4) is 0 Å². The number of ether oxygens (including phenoxy) is 1. The number of amides is 1. The van der Waals surface area contributed by atoms with Crippen molar-refractivity contribution >= 4 is 15.9 Å². The van der Waals surface area contributed by atoms with Crippen molar-refractivity contribution in [3.05, 3.63) is 17.5 Å². The summed E-state index contributed by atoms with van der Waals surface area (Å²) in [5.74, 6) is -0.753. The number of fused-ring (bicyclic) bond motifs is 1. The molecule has 116 valence electrons. The van der Waals surface area contributed by atoms with E-state index in [4.69, 9.17) is 4.74 Å². The molecule has 2 aliphatic heterocycles. The second kappa shape index (κ2) is 5.76. The van der Waals surface area contributed by atoms with Crippen molar-refractivity contribution in [2.24, 2.45) is 0 Å². The van der Waals surface area contributed by atoms with E-state index >= 15 is 0 Å². The Bertz CT molecular complexity index is 632. The molecule has 2 aliphatic rings. The Morgan fingerprint density at radius 3 is 3.05 bits per heavy atom. The number of carbonyl (C=O) groups excluding carboxylic acids is 1. The maximum absolute atomic E-state index is 12.1. The molecule has 0 spiro atoms. The lowest BCUT2D eigenvalue weighted by atomic mass is 10.1. The maximum atomic E-state index is 12.1. The number of sulfonamides is 1. The molecule has 0 saturated carbocycles. The third-order valence-electron chi connectivity index (χ3n) is 3.90. The third kappa shape index (κ3) is 3.26. The Kier molecular flexibility index (Phi) is 3.99. The number of carbonyl (C=O) groups is 1. The van der Waals surface area contributed by atoms with Gasteiger partial charge in [0.1, 0.15) is 0 Å².